The van der Waals surface area contributed by atoms with E-state index in [1.54, 1.807) is 48.5 Å². The summed E-state index contributed by atoms with van der Waals surface area (Å²) in [5.41, 5.74) is 2.57. The highest BCUT2D eigenvalue weighted by Gasteiger charge is 2.35. The van der Waals surface area contributed by atoms with Crippen LogP contribution in [0.5, 0.6) is 0 Å². The molecule has 1 fully saturated rings. The lowest BCUT2D eigenvalue weighted by molar-refractivity contribution is -0.140. The number of hydrogen-bond acceptors (Lipinski definition) is 4. The molecule has 0 heterocycles. The molecule has 0 radical (unpaired) electrons. The first-order valence-corrected chi connectivity index (χ1v) is 17.1. The molecular formula is C36H37ClFN3O4S. The van der Waals surface area contributed by atoms with Gasteiger partial charge in [0.1, 0.15) is 18.4 Å². The van der Waals surface area contributed by atoms with E-state index in [2.05, 4.69) is 5.32 Å². The number of aryl methyl sites for hydroxylation is 1. The van der Waals surface area contributed by atoms with Gasteiger partial charge in [0.2, 0.25) is 11.8 Å². The van der Waals surface area contributed by atoms with Gasteiger partial charge < -0.3 is 10.2 Å². The fourth-order valence-corrected chi connectivity index (χ4v) is 7.22. The zero-order chi connectivity index (χ0) is 32.7. The smallest absolute Gasteiger partial charge is 0.264 e. The summed E-state index contributed by atoms with van der Waals surface area (Å²) in [6, 6.07) is 26.7. The molecule has 1 atom stereocenters. The van der Waals surface area contributed by atoms with Crippen molar-refractivity contribution in [1.82, 2.24) is 10.2 Å². The number of halogens is 2. The molecule has 1 aliphatic rings. The van der Waals surface area contributed by atoms with Gasteiger partial charge in [0.15, 0.2) is 0 Å². The van der Waals surface area contributed by atoms with Crippen molar-refractivity contribution in [3.05, 3.63) is 131 Å². The van der Waals surface area contributed by atoms with E-state index >= 15 is 0 Å². The number of sulfonamides is 1. The average Bonchev–Trinajstić information content (AvgIpc) is 3.56. The van der Waals surface area contributed by atoms with E-state index in [-0.39, 0.29) is 35.5 Å². The van der Waals surface area contributed by atoms with Gasteiger partial charge in [-0.2, -0.15) is 0 Å². The highest BCUT2D eigenvalue weighted by atomic mass is 35.5. The lowest BCUT2D eigenvalue weighted by Gasteiger charge is -2.34. The number of hydrogen-bond donors (Lipinski definition) is 1. The van der Waals surface area contributed by atoms with Gasteiger partial charge in [-0.25, -0.2) is 12.8 Å². The van der Waals surface area contributed by atoms with Crippen LogP contribution in [-0.2, 0) is 32.6 Å². The van der Waals surface area contributed by atoms with Gasteiger partial charge in [0, 0.05) is 24.0 Å². The first kappa shape index (κ1) is 33.2. The first-order valence-electron chi connectivity index (χ1n) is 15.3. The SMILES string of the molecule is Cc1ccc(S(=O)(=O)N(CC(=O)N(Cc2ccc(F)cc2)C(Cc2ccccc2)C(=O)NC2CCCC2)c2ccc(Cl)cc2)cc1. The minimum absolute atomic E-state index is 0.000951. The maximum absolute atomic E-state index is 14.5. The molecule has 5 rings (SSSR count). The molecule has 0 aromatic heterocycles. The molecule has 1 N–H and O–H groups in total. The molecule has 46 heavy (non-hydrogen) atoms. The Hall–Kier alpha value is -4.21. The fourth-order valence-electron chi connectivity index (χ4n) is 5.68. The third-order valence-electron chi connectivity index (χ3n) is 8.24. The Kier molecular flexibility index (Phi) is 10.8. The van der Waals surface area contributed by atoms with Crippen molar-refractivity contribution in [2.24, 2.45) is 0 Å². The van der Waals surface area contributed by atoms with Crippen molar-refractivity contribution < 1.29 is 22.4 Å². The zero-order valence-electron chi connectivity index (χ0n) is 25.6. The number of rotatable bonds is 12. The van der Waals surface area contributed by atoms with Crippen LogP contribution in [0.3, 0.4) is 0 Å². The summed E-state index contributed by atoms with van der Waals surface area (Å²) in [5, 5.41) is 3.55. The summed E-state index contributed by atoms with van der Waals surface area (Å²) in [6.45, 7) is 1.24. The second-order valence-corrected chi connectivity index (χ2v) is 13.9. The van der Waals surface area contributed by atoms with Crippen LogP contribution in [0.1, 0.15) is 42.4 Å². The molecule has 2 amide bonds. The lowest BCUT2D eigenvalue weighted by Crippen LogP contribution is -2.54. The van der Waals surface area contributed by atoms with E-state index in [0.717, 1.165) is 41.1 Å². The average molecular weight is 662 g/mol. The largest absolute Gasteiger partial charge is 0.352 e. The van der Waals surface area contributed by atoms with Gasteiger partial charge in [0.25, 0.3) is 10.0 Å². The molecule has 7 nitrogen and oxygen atoms in total. The number of nitrogens with one attached hydrogen (secondary N) is 1. The van der Waals surface area contributed by atoms with E-state index in [4.69, 9.17) is 11.6 Å². The topological polar surface area (TPSA) is 86.8 Å². The molecule has 0 saturated heterocycles. The number of nitrogens with zero attached hydrogens (tertiary/aromatic N) is 2. The van der Waals surface area contributed by atoms with Crippen molar-refractivity contribution in [1.29, 1.82) is 0 Å². The van der Waals surface area contributed by atoms with Crippen molar-refractivity contribution in [3.63, 3.8) is 0 Å². The van der Waals surface area contributed by atoms with Gasteiger partial charge in [-0.1, -0.05) is 84.6 Å². The van der Waals surface area contributed by atoms with E-state index in [9.17, 15) is 22.4 Å². The lowest BCUT2D eigenvalue weighted by atomic mass is 10.0. The van der Waals surface area contributed by atoms with Crippen LogP contribution in [-0.4, -0.2) is 43.8 Å². The van der Waals surface area contributed by atoms with Crippen LogP contribution in [0.25, 0.3) is 0 Å². The third-order valence-corrected chi connectivity index (χ3v) is 10.3. The maximum atomic E-state index is 14.5. The van der Waals surface area contributed by atoms with Gasteiger partial charge in [-0.05, 0) is 79.4 Å². The Morgan fingerprint density at radius 3 is 2.13 bits per heavy atom. The first-order chi connectivity index (χ1) is 22.1. The summed E-state index contributed by atoms with van der Waals surface area (Å²) in [4.78, 5) is 30.0. The van der Waals surface area contributed by atoms with E-state index in [1.807, 2.05) is 37.3 Å². The summed E-state index contributed by atoms with van der Waals surface area (Å²) >= 11 is 6.13. The predicted octanol–water partition coefficient (Wildman–Crippen LogP) is 6.68. The van der Waals surface area contributed by atoms with Crippen molar-refractivity contribution in [3.8, 4) is 0 Å². The van der Waals surface area contributed by atoms with Crippen LogP contribution < -0.4 is 9.62 Å². The predicted molar refractivity (Wildman–Crippen MR) is 178 cm³/mol. The van der Waals surface area contributed by atoms with Crippen molar-refractivity contribution in [2.45, 2.75) is 62.6 Å². The van der Waals surface area contributed by atoms with E-state index in [0.29, 0.717) is 10.6 Å². The number of carbonyl (C=O) groups is 2. The molecule has 4 aromatic carbocycles. The third kappa shape index (κ3) is 8.33. The monoisotopic (exact) mass is 661 g/mol. The van der Waals surface area contributed by atoms with Gasteiger partial charge in [0.05, 0.1) is 10.6 Å². The maximum Gasteiger partial charge on any atom is 0.264 e. The molecule has 0 bridgehead atoms. The summed E-state index contributed by atoms with van der Waals surface area (Å²) < 4.78 is 43.1. The van der Waals surface area contributed by atoms with Crippen LogP contribution in [0.15, 0.2) is 108 Å². The Bertz CT molecular complexity index is 1730. The quantitative estimate of drug-likeness (QED) is 0.184. The van der Waals surface area contributed by atoms with E-state index in [1.165, 1.54) is 29.2 Å². The van der Waals surface area contributed by atoms with Crippen LogP contribution in [0, 0.1) is 12.7 Å². The molecule has 10 heteroatoms. The molecule has 4 aromatic rings. The summed E-state index contributed by atoms with van der Waals surface area (Å²) in [7, 11) is -4.22. The van der Waals surface area contributed by atoms with Crippen LogP contribution >= 0.6 is 11.6 Å². The molecule has 1 aliphatic carbocycles. The second kappa shape index (κ2) is 14.9. The Morgan fingerprint density at radius 2 is 1.50 bits per heavy atom. The zero-order valence-corrected chi connectivity index (χ0v) is 27.2. The molecule has 0 aliphatic heterocycles. The Balaban J connectivity index is 1.55. The second-order valence-electron chi connectivity index (χ2n) is 11.6. The van der Waals surface area contributed by atoms with Crippen molar-refractivity contribution in [2.75, 3.05) is 10.8 Å². The fraction of sp³-hybridized carbons (Fsp3) is 0.278. The normalized spacial score (nSPS) is 14.1. The van der Waals surface area contributed by atoms with Crippen LogP contribution in [0.4, 0.5) is 10.1 Å². The molecule has 1 saturated carbocycles. The Morgan fingerprint density at radius 1 is 0.870 bits per heavy atom. The molecular weight excluding hydrogens is 625 g/mol. The number of carbonyl (C=O) groups excluding carboxylic acids is 2. The van der Waals surface area contributed by atoms with Gasteiger partial charge in [-0.3, -0.25) is 13.9 Å². The molecule has 0 spiro atoms. The van der Waals surface area contributed by atoms with Gasteiger partial charge >= 0.3 is 0 Å². The number of amides is 2. The standard InChI is InChI=1S/C36H37ClFN3O4S/c1-26-11-21-33(22-12-26)46(44,45)41(32-19-15-29(37)16-20-32)25-35(42)40(24-28-13-17-30(38)18-14-28)34(23-27-7-3-2-4-8-27)36(43)39-31-9-5-6-10-31/h2-4,7-8,11-22,31,34H,5-6,9-10,23-25H2,1H3,(H,39,43). The molecule has 240 valence electrons. The minimum Gasteiger partial charge on any atom is -0.352 e. The number of anilines is 1. The summed E-state index contributed by atoms with van der Waals surface area (Å²) in [5.74, 6) is -1.33. The highest BCUT2D eigenvalue weighted by Crippen LogP contribution is 2.27. The minimum atomic E-state index is -4.22. The molecule has 1 unspecified atom stereocenters. The van der Waals surface area contributed by atoms with Crippen LogP contribution in [0.2, 0.25) is 5.02 Å². The highest BCUT2D eigenvalue weighted by molar-refractivity contribution is 7.92. The van der Waals surface area contributed by atoms with Gasteiger partial charge in [-0.15, -0.1) is 0 Å². The Labute approximate surface area is 275 Å². The van der Waals surface area contributed by atoms with Crippen molar-refractivity contribution >= 4 is 39.1 Å². The van der Waals surface area contributed by atoms with E-state index < -0.39 is 34.3 Å². The number of benzene rings is 4. The summed E-state index contributed by atoms with van der Waals surface area (Å²) in [6.07, 6.45) is 3.95.